The van der Waals surface area contributed by atoms with Crippen molar-refractivity contribution >= 4 is 17.3 Å². The molecule has 4 rings (SSSR count). The monoisotopic (exact) mass is 485 g/mol. The zero-order chi connectivity index (χ0) is 25.3. The summed E-state index contributed by atoms with van der Waals surface area (Å²) in [7, 11) is 2.17. The van der Waals surface area contributed by atoms with Crippen LogP contribution in [-0.2, 0) is 17.8 Å². The summed E-state index contributed by atoms with van der Waals surface area (Å²) in [5.74, 6) is 1.12. The number of rotatable bonds is 11. The van der Waals surface area contributed by atoms with Crippen LogP contribution in [0.15, 0.2) is 71.7 Å². The molecule has 0 fully saturated rings. The Bertz CT molecular complexity index is 1190. The number of nitrogens with one attached hydrogen (secondary N) is 1. The number of anilines is 1. The first kappa shape index (κ1) is 25.5. The molecule has 3 aromatic rings. The van der Waals surface area contributed by atoms with Gasteiger partial charge in [-0.2, -0.15) is 0 Å². The van der Waals surface area contributed by atoms with E-state index >= 15 is 0 Å². The van der Waals surface area contributed by atoms with Crippen molar-refractivity contribution in [1.29, 1.82) is 0 Å². The second-order valence-electron chi connectivity index (χ2n) is 8.95. The van der Waals surface area contributed by atoms with Gasteiger partial charge in [0.1, 0.15) is 6.54 Å². The molecule has 0 radical (unpaired) electrons. The maximum atomic E-state index is 12.4. The number of carbonyl (C=O) groups is 1. The number of aryl methyl sites for hydroxylation is 1. The number of benzene rings is 3. The predicted molar refractivity (Wildman–Crippen MR) is 145 cm³/mol. The Morgan fingerprint density at radius 2 is 1.61 bits per heavy atom. The summed E-state index contributed by atoms with van der Waals surface area (Å²) in [6.07, 6.45) is 2.09. The average Bonchev–Trinajstić information content (AvgIpc) is 3.03. The van der Waals surface area contributed by atoms with Crippen molar-refractivity contribution in [2.24, 2.45) is 4.99 Å². The molecule has 1 N–H and O–H groups in total. The molecule has 36 heavy (non-hydrogen) atoms. The molecule has 1 aliphatic heterocycles. The maximum Gasteiger partial charge on any atom is 0.246 e. The van der Waals surface area contributed by atoms with Crippen molar-refractivity contribution in [2.75, 3.05) is 38.7 Å². The van der Waals surface area contributed by atoms with Crippen LogP contribution in [0.1, 0.15) is 42.5 Å². The average molecular weight is 486 g/mol. The van der Waals surface area contributed by atoms with E-state index in [-0.39, 0.29) is 12.5 Å². The molecule has 0 aromatic heterocycles. The number of benzodiazepines with no additional fused rings is 1. The molecular weight excluding hydrogens is 450 g/mol. The Balaban J connectivity index is 1.46. The molecule has 0 atom stereocenters. The summed E-state index contributed by atoms with van der Waals surface area (Å²) in [6.45, 7) is 6.97. The molecule has 0 saturated carbocycles. The molecule has 1 amide bonds. The number of ether oxygens (including phenoxy) is 2. The van der Waals surface area contributed by atoms with Crippen molar-refractivity contribution in [1.82, 2.24) is 4.90 Å². The van der Waals surface area contributed by atoms with Crippen molar-refractivity contribution in [2.45, 2.75) is 33.2 Å². The lowest BCUT2D eigenvalue weighted by atomic mass is 9.98. The summed E-state index contributed by atoms with van der Waals surface area (Å²) in [4.78, 5) is 19.4. The standard InChI is InChI=1S/C30H35N3O3/c1-4-35-27-18-25-26(19-28(27)36-5-2)32-29(34)20-31-30(25)24-15-13-22(14-16-24)12-9-17-33(3)21-23-10-7-6-8-11-23/h6-8,10-11,13-16,18-19H,4-5,9,12,17,20-21H2,1-3H3,(H,32,34). The molecule has 6 nitrogen and oxygen atoms in total. The first-order valence-corrected chi connectivity index (χ1v) is 12.7. The topological polar surface area (TPSA) is 63.2 Å². The van der Waals surface area contributed by atoms with Gasteiger partial charge >= 0.3 is 0 Å². The van der Waals surface area contributed by atoms with Gasteiger partial charge in [0.05, 0.1) is 24.6 Å². The third kappa shape index (κ3) is 6.52. The number of amides is 1. The Morgan fingerprint density at radius 1 is 0.917 bits per heavy atom. The van der Waals surface area contributed by atoms with Gasteiger partial charge in [0.25, 0.3) is 0 Å². The van der Waals surface area contributed by atoms with Crippen LogP contribution in [0.2, 0.25) is 0 Å². The van der Waals surface area contributed by atoms with Crippen LogP contribution in [0.5, 0.6) is 11.5 Å². The largest absolute Gasteiger partial charge is 0.490 e. The quantitative estimate of drug-likeness (QED) is 0.398. The van der Waals surface area contributed by atoms with E-state index in [0.29, 0.717) is 30.4 Å². The normalized spacial score (nSPS) is 13.0. The number of hydrogen-bond acceptors (Lipinski definition) is 5. The second kappa shape index (κ2) is 12.4. The number of hydrogen-bond donors (Lipinski definition) is 1. The third-order valence-electron chi connectivity index (χ3n) is 6.12. The highest BCUT2D eigenvalue weighted by Crippen LogP contribution is 2.36. The zero-order valence-corrected chi connectivity index (χ0v) is 21.4. The third-order valence-corrected chi connectivity index (χ3v) is 6.12. The first-order chi connectivity index (χ1) is 17.6. The van der Waals surface area contributed by atoms with Gasteiger partial charge in [-0.1, -0.05) is 54.6 Å². The number of aliphatic imine (C=N–C) groups is 1. The summed E-state index contributed by atoms with van der Waals surface area (Å²) in [6, 6.07) is 22.8. The molecule has 0 bridgehead atoms. The minimum Gasteiger partial charge on any atom is -0.490 e. The lowest BCUT2D eigenvalue weighted by molar-refractivity contribution is -0.114. The molecule has 0 spiro atoms. The van der Waals surface area contributed by atoms with Crippen LogP contribution in [0.4, 0.5) is 5.69 Å². The van der Waals surface area contributed by atoms with Crippen LogP contribution in [0.25, 0.3) is 0 Å². The second-order valence-corrected chi connectivity index (χ2v) is 8.95. The van der Waals surface area contributed by atoms with Crippen LogP contribution >= 0.6 is 0 Å². The highest BCUT2D eigenvalue weighted by molar-refractivity contribution is 6.19. The molecule has 188 valence electrons. The molecular formula is C30H35N3O3. The smallest absolute Gasteiger partial charge is 0.246 e. The van der Waals surface area contributed by atoms with Gasteiger partial charge < -0.3 is 19.7 Å². The van der Waals surface area contributed by atoms with Gasteiger partial charge in [-0.3, -0.25) is 9.79 Å². The number of fused-ring (bicyclic) bond motifs is 1. The molecule has 6 heteroatoms. The fourth-order valence-electron chi connectivity index (χ4n) is 4.42. The molecule has 1 aliphatic rings. The maximum absolute atomic E-state index is 12.4. The van der Waals surface area contributed by atoms with Gasteiger partial charge in [-0.05, 0) is 57.5 Å². The fourth-order valence-corrected chi connectivity index (χ4v) is 4.42. The Kier molecular flexibility index (Phi) is 8.74. The minimum absolute atomic E-state index is 0.0768. The Labute approximate surface area is 214 Å². The van der Waals surface area contributed by atoms with E-state index < -0.39 is 0 Å². The summed E-state index contributed by atoms with van der Waals surface area (Å²) in [5, 5.41) is 2.96. The minimum atomic E-state index is -0.144. The van der Waals surface area contributed by atoms with Crippen molar-refractivity contribution in [3.05, 3.63) is 89.0 Å². The van der Waals surface area contributed by atoms with E-state index in [1.54, 1.807) is 0 Å². The van der Waals surface area contributed by atoms with Crippen molar-refractivity contribution in [3.63, 3.8) is 0 Å². The lowest BCUT2D eigenvalue weighted by Crippen LogP contribution is -2.19. The predicted octanol–water partition coefficient (Wildman–Crippen LogP) is 5.34. The number of nitrogens with zero attached hydrogens (tertiary/aromatic N) is 2. The summed E-state index contributed by atoms with van der Waals surface area (Å²) < 4.78 is 11.6. The number of carbonyl (C=O) groups excluding carboxylic acids is 1. The van der Waals surface area contributed by atoms with Crippen LogP contribution in [0, 0.1) is 0 Å². The van der Waals surface area contributed by atoms with Crippen LogP contribution in [-0.4, -0.2) is 49.9 Å². The van der Waals surface area contributed by atoms with E-state index in [9.17, 15) is 4.79 Å². The fraction of sp³-hybridized carbons (Fsp3) is 0.333. The molecule has 3 aromatic carbocycles. The SMILES string of the molecule is CCOc1cc2c(cc1OCC)C(c1ccc(CCCN(C)Cc3ccccc3)cc1)=NCC(=O)N2. The Morgan fingerprint density at radius 3 is 2.31 bits per heavy atom. The molecule has 0 unspecified atom stereocenters. The van der Waals surface area contributed by atoms with Gasteiger partial charge in [-0.25, -0.2) is 0 Å². The van der Waals surface area contributed by atoms with Gasteiger partial charge in [0.2, 0.25) is 5.91 Å². The van der Waals surface area contributed by atoms with E-state index in [1.807, 2.05) is 26.0 Å². The first-order valence-electron chi connectivity index (χ1n) is 12.7. The Hall–Kier alpha value is -3.64. The van der Waals surface area contributed by atoms with Crippen molar-refractivity contribution < 1.29 is 14.3 Å². The highest BCUT2D eigenvalue weighted by Gasteiger charge is 2.21. The summed E-state index contributed by atoms with van der Waals surface area (Å²) in [5.41, 5.74) is 5.90. The molecule has 0 saturated heterocycles. The van der Waals surface area contributed by atoms with Gasteiger partial charge in [0, 0.05) is 23.7 Å². The van der Waals surface area contributed by atoms with Crippen molar-refractivity contribution in [3.8, 4) is 11.5 Å². The highest BCUT2D eigenvalue weighted by atomic mass is 16.5. The zero-order valence-electron chi connectivity index (χ0n) is 21.4. The lowest BCUT2D eigenvalue weighted by Gasteiger charge is -2.17. The molecule has 0 aliphatic carbocycles. The van der Waals surface area contributed by atoms with Gasteiger partial charge in [-0.15, -0.1) is 0 Å². The van der Waals surface area contributed by atoms with Gasteiger partial charge in [0.15, 0.2) is 11.5 Å². The summed E-state index contributed by atoms with van der Waals surface area (Å²) >= 11 is 0. The van der Waals surface area contributed by atoms with Crippen LogP contribution in [0.3, 0.4) is 0 Å². The van der Waals surface area contributed by atoms with Crippen LogP contribution < -0.4 is 14.8 Å². The van der Waals surface area contributed by atoms with E-state index in [2.05, 4.69) is 76.9 Å². The van der Waals surface area contributed by atoms with E-state index in [1.165, 1.54) is 11.1 Å². The molecule has 1 heterocycles. The van der Waals surface area contributed by atoms with E-state index in [0.717, 1.165) is 42.8 Å². The van der Waals surface area contributed by atoms with E-state index in [4.69, 9.17) is 9.47 Å².